The molecule has 2 heterocycles. The van der Waals surface area contributed by atoms with Crippen molar-refractivity contribution in [3.05, 3.63) is 99.2 Å². The molecule has 3 aromatic carbocycles. The lowest BCUT2D eigenvalue weighted by Crippen LogP contribution is -2.05. The van der Waals surface area contributed by atoms with E-state index in [-0.39, 0.29) is 0 Å². The molecule has 0 N–H and O–H groups in total. The van der Waals surface area contributed by atoms with Gasteiger partial charge in [-0.1, -0.05) is 42.0 Å². The van der Waals surface area contributed by atoms with Crippen molar-refractivity contribution in [1.82, 2.24) is 0 Å². The van der Waals surface area contributed by atoms with E-state index in [9.17, 15) is 9.59 Å². The molecule has 0 spiro atoms. The van der Waals surface area contributed by atoms with E-state index in [0.29, 0.717) is 22.3 Å². The third kappa shape index (κ3) is 3.30. The zero-order valence-electron chi connectivity index (χ0n) is 17.0. The van der Waals surface area contributed by atoms with Crippen LogP contribution in [0.1, 0.15) is 5.56 Å². The molecule has 152 valence electrons. The van der Waals surface area contributed by atoms with Gasteiger partial charge in [-0.25, -0.2) is 9.59 Å². The topological polar surface area (TPSA) is 69.7 Å². The van der Waals surface area contributed by atoms with Crippen LogP contribution in [-0.2, 0) is 0 Å². The molecular weight excluding hydrogens is 392 g/mol. The molecule has 5 rings (SSSR count). The van der Waals surface area contributed by atoms with E-state index in [1.807, 2.05) is 55.5 Å². The Bertz CT molecular complexity index is 1560. The standard InChI is InChI=1S/C26H18O5/c1-15-6-11-23-17(12-15)13-22(26(28)30-23)20-5-3-4-19-21(14-24(27)31-25(19)20)16-7-9-18(29-2)10-8-16/h3-14H,1-2H3. The summed E-state index contributed by atoms with van der Waals surface area (Å²) in [7, 11) is 1.60. The molecule has 0 saturated carbocycles. The van der Waals surface area contributed by atoms with Crippen molar-refractivity contribution in [3.8, 4) is 28.0 Å². The predicted molar refractivity (Wildman–Crippen MR) is 121 cm³/mol. The fourth-order valence-corrected chi connectivity index (χ4v) is 3.84. The maximum absolute atomic E-state index is 12.8. The Morgan fingerprint density at radius 2 is 1.58 bits per heavy atom. The molecular formula is C26H18O5. The van der Waals surface area contributed by atoms with E-state index in [1.54, 1.807) is 25.3 Å². The molecule has 0 fully saturated rings. The van der Waals surface area contributed by atoms with Crippen molar-refractivity contribution in [2.45, 2.75) is 6.92 Å². The van der Waals surface area contributed by atoms with Gasteiger partial charge in [0.1, 0.15) is 16.9 Å². The van der Waals surface area contributed by atoms with Crippen LogP contribution < -0.4 is 16.0 Å². The summed E-state index contributed by atoms with van der Waals surface area (Å²) in [5.74, 6) is 0.723. The van der Waals surface area contributed by atoms with Gasteiger partial charge >= 0.3 is 11.3 Å². The van der Waals surface area contributed by atoms with E-state index >= 15 is 0 Å². The van der Waals surface area contributed by atoms with Crippen LogP contribution in [0.3, 0.4) is 0 Å². The lowest BCUT2D eigenvalue weighted by molar-refractivity contribution is 0.415. The Morgan fingerprint density at radius 3 is 2.35 bits per heavy atom. The SMILES string of the molecule is COc1ccc(-c2cc(=O)oc3c(-c4cc5cc(C)ccc5oc4=O)cccc23)cc1. The largest absolute Gasteiger partial charge is 0.497 e. The molecule has 0 unspecified atom stereocenters. The minimum atomic E-state index is -0.494. The van der Waals surface area contributed by atoms with Gasteiger partial charge < -0.3 is 13.6 Å². The van der Waals surface area contributed by atoms with Gasteiger partial charge in [-0.05, 0) is 48.4 Å². The Hall–Kier alpha value is -4.12. The van der Waals surface area contributed by atoms with Gasteiger partial charge in [-0.15, -0.1) is 0 Å². The number of rotatable bonds is 3. The van der Waals surface area contributed by atoms with Crippen LogP contribution >= 0.6 is 0 Å². The summed E-state index contributed by atoms with van der Waals surface area (Å²) in [4.78, 5) is 25.2. The first kappa shape index (κ1) is 18.9. The van der Waals surface area contributed by atoms with Crippen LogP contribution in [0.2, 0.25) is 0 Å². The number of benzene rings is 3. The van der Waals surface area contributed by atoms with Gasteiger partial charge in [0.05, 0.1) is 12.7 Å². The highest BCUT2D eigenvalue weighted by Crippen LogP contribution is 2.34. The molecule has 0 aliphatic rings. The second kappa shape index (κ2) is 7.29. The van der Waals surface area contributed by atoms with Gasteiger partial charge in [-0.3, -0.25) is 0 Å². The van der Waals surface area contributed by atoms with Gasteiger partial charge in [-0.2, -0.15) is 0 Å². The van der Waals surface area contributed by atoms with Crippen molar-refractivity contribution in [1.29, 1.82) is 0 Å². The van der Waals surface area contributed by atoms with Crippen molar-refractivity contribution < 1.29 is 13.6 Å². The smallest absolute Gasteiger partial charge is 0.344 e. The number of hydrogen-bond donors (Lipinski definition) is 0. The van der Waals surface area contributed by atoms with Crippen LogP contribution in [-0.4, -0.2) is 7.11 Å². The normalized spacial score (nSPS) is 11.2. The molecule has 5 heteroatoms. The second-order valence-corrected chi connectivity index (χ2v) is 7.38. The summed E-state index contributed by atoms with van der Waals surface area (Å²) in [5, 5.41) is 1.53. The summed E-state index contributed by atoms with van der Waals surface area (Å²) in [5.41, 5.74) is 3.36. The molecule has 0 amide bonds. The van der Waals surface area contributed by atoms with Crippen molar-refractivity contribution in [2.75, 3.05) is 7.11 Å². The maximum Gasteiger partial charge on any atom is 0.344 e. The van der Waals surface area contributed by atoms with Crippen LogP contribution in [0, 0.1) is 6.92 Å². The summed E-state index contributed by atoms with van der Waals surface area (Å²) >= 11 is 0. The fourth-order valence-electron chi connectivity index (χ4n) is 3.84. The van der Waals surface area contributed by atoms with Crippen molar-refractivity contribution in [2.24, 2.45) is 0 Å². The van der Waals surface area contributed by atoms with E-state index in [4.69, 9.17) is 13.6 Å². The molecule has 0 radical (unpaired) electrons. The molecule has 0 aliphatic heterocycles. The third-order valence-electron chi connectivity index (χ3n) is 5.35. The van der Waals surface area contributed by atoms with Crippen LogP contribution in [0.4, 0.5) is 0 Å². The molecule has 31 heavy (non-hydrogen) atoms. The quantitative estimate of drug-likeness (QED) is 0.365. The first-order valence-electron chi connectivity index (χ1n) is 9.80. The summed E-state index contributed by atoms with van der Waals surface area (Å²) in [6.45, 7) is 1.97. The minimum Gasteiger partial charge on any atom is -0.497 e. The number of ether oxygens (including phenoxy) is 1. The van der Waals surface area contributed by atoms with Gasteiger partial charge in [0, 0.05) is 22.4 Å². The van der Waals surface area contributed by atoms with E-state index in [2.05, 4.69) is 0 Å². The Morgan fingerprint density at radius 1 is 0.774 bits per heavy atom. The maximum atomic E-state index is 12.8. The first-order valence-corrected chi connectivity index (χ1v) is 9.80. The average Bonchev–Trinajstić information content (AvgIpc) is 2.78. The molecule has 2 aromatic heterocycles. The third-order valence-corrected chi connectivity index (χ3v) is 5.35. The van der Waals surface area contributed by atoms with E-state index < -0.39 is 11.3 Å². The Balaban J connectivity index is 1.79. The van der Waals surface area contributed by atoms with Crippen LogP contribution in [0.5, 0.6) is 5.75 Å². The van der Waals surface area contributed by atoms with Crippen molar-refractivity contribution >= 4 is 21.9 Å². The molecule has 5 nitrogen and oxygen atoms in total. The summed E-state index contributed by atoms with van der Waals surface area (Å²) in [6, 6.07) is 21.8. The highest BCUT2D eigenvalue weighted by atomic mass is 16.5. The number of methoxy groups -OCH3 is 1. The number of aryl methyl sites for hydroxylation is 1. The molecule has 0 aliphatic carbocycles. The predicted octanol–water partition coefficient (Wildman–Crippen LogP) is 5.55. The molecule has 0 bridgehead atoms. The highest BCUT2D eigenvalue weighted by Gasteiger charge is 2.16. The Labute approximate surface area is 177 Å². The summed E-state index contributed by atoms with van der Waals surface area (Å²) in [6.07, 6.45) is 0. The average molecular weight is 410 g/mol. The lowest BCUT2D eigenvalue weighted by atomic mass is 9.97. The van der Waals surface area contributed by atoms with Crippen molar-refractivity contribution in [3.63, 3.8) is 0 Å². The zero-order chi connectivity index (χ0) is 21.5. The number of para-hydroxylation sites is 1. The van der Waals surface area contributed by atoms with Crippen LogP contribution in [0.15, 0.2) is 91.2 Å². The zero-order valence-corrected chi connectivity index (χ0v) is 17.0. The monoisotopic (exact) mass is 410 g/mol. The first-order chi connectivity index (χ1) is 15.0. The van der Waals surface area contributed by atoms with E-state index in [1.165, 1.54) is 6.07 Å². The fraction of sp³-hybridized carbons (Fsp3) is 0.0769. The Kier molecular flexibility index (Phi) is 4.44. The minimum absolute atomic E-state index is 0.346. The van der Waals surface area contributed by atoms with Gasteiger partial charge in [0.15, 0.2) is 0 Å². The van der Waals surface area contributed by atoms with E-state index in [0.717, 1.165) is 33.2 Å². The van der Waals surface area contributed by atoms with Crippen LogP contribution in [0.25, 0.3) is 44.2 Å². The molecule has 0 atom stereocenters. The summed E-state index contributed by atoms with van der Waals surface area (Å²) < 4.78 is 16.3. The lowest BCUT2D eigenvalue weighted by Gasteiger charge is -2.10. The number of fused-ring (bicyclic) bond motifs is 2. The molecule has 5 aromatic rings. The number of hydrogen-bond acceptors (Lipinski definition) is 5. The highest BCUT2D eigenvalue weighted by molar-refractivity contribution is 6.01. The van der Waals surface area contributed by atoms with Gasteiger partial charge in [0.25, 0.3) is 0 Å². The second-order valence-electron chi connectivity index (χ2n) is 7.38. The molecule has 0 saturated heterocycles. The van der Waals surface area contributed by atoms with Gasteiger partial charge in [0.2, 0.25) is 0 Å².